The van der Waals surface area contributed by atoms with E-state index in [0.717, 1.165) is 0 Å². The van der Waals surface area contributed by atoms with Crippen LogP contribution >= 0.6 is 0 Å². The Balaban J connectivity index is 0.00000196. The number of hydrogen-bond acceptors (Lipinski definition) is 0. The van der Waals surface area contributed by atoms with Gasteiger partial charge in [-0.25, -0.2) is 0 Å². The van der Waals surface area contributed by atoms with Crippen LogP contribution in [0.25, 0.3) is 22.3 Å². The van der Waals surface area contributed by atoms with Gasteiger partial charge in [0.05, 0.1) is 0 Å². The van der Waals surface area contributed by atoms with Gasteiger partial charge in [0.2, 0.25) is 0 Å². The van der Waals surface area contributed by atoms with Crippen LogP contribution in [0.4, 0.5) is 0 Å². The van der Waals surface area contributed by atoms with E-state index in [4.69, 9.17) is 0 Å². The van der Waals surface area contributed by atoms with Crippen molar-refractivity contribution >= 4 is 0 Å². The topological polar surface area (TPSA) is 0 Å². The molecular weight excluding hydrogens is 307 g/mol. The average molecular weight is 326 g/mol. The molecule has 0 saturated carbocycles. The minimum Gasteiger partial charge on any atom is -0.126 e. The van der Waals surface area contributed by atoms with Crippen molar-refractivity contribution in [3.8, 4) is 22.3 Å². The fourth-order valence-electron chi connectivity index (χ4n) is 3.00. The molecule has 0 aliphatic heterocycles. The van der Waals surface area contributed by atoms with Crippen molar-refractivity contribution in [1.29, 1.82) is 0 Å². The zero-order valence-electron chi connectivity index (χ0n) is 15.0. The number of benzene rings is 4. The summed E-state index contributed by atoms with van der Waals surface area (Å²) >= 11 is 0. The summed E-state index contributed by atoms with van der Waals surface area (Å²) in [5.74, 6) is 0. The van der Waals surface area contributed by atoms with E-state index in [9.17, 15) is 0 Å². The molecule has 0 amide bonds. The Morgan fingerprint density at radius 1 is 0.346 bits per heavy atom. The first-order valence-electron chi connectivity index (χ1n) is 8.54. The van der Waals surface area contributed by atoms with Crippen molar-refractivity contribution < 1.29 is 18.9 Å². The third kappa shape index (κ3) is 4.30. The van der Waals surface area contributed by atoms with Gasteiger partial charge in [-0.3, -0.25) is 0 Å². The van der Waals surface area contributed by atoms with Gasteiger partial charge in [0, 0.05) is 0 Å². The maximum atomic E-state index is 2.21. The van der Waals surface area contributed by atoms with Crippen LogP contribution in [0.15, 0.2) is 109 Å². The predicted octanol–water partition coefficient (Wildman–Crippen LogP) is 3.63. The molecule has 0 nitrogen and oxygen atoms in total. The van der Waals surface area contributed by atoms with Gasteiger partial charge >= 0.3 is 18.9 Å². The van der Waals surface area contributed by atoms with Crippen LogP contribution in [0.2, 0.25) is 0 Å². The summed E-state index contributed by atoms with van der Waals surface area (Å²) in [4.78, 5) is 0. The van der Waals surface area contributed by atoms with Crippen LogP contribution in [0.5, 0.6) is 0 Å². The van der Waals surface area contributed by atoms with Crippen molar-refractivity contribution in [1.82, 2.24) is 0 Å². The van der Waals surface area contributed by atoms with E-state index in [0.29, 0.717) is 0 Å². The second kappa shape index (κ2) is 8.63. The van der Waals surface area contributed by atoms with Crippen molar-refractivity contribution in [3.63, 3.8) is 0 Å². The van der Waals surface area contributed by atoms with Crippen LogP contribution in [-0.2, 0) is 0 Å². The molecule has 120 valence electrons. The van der Waals surface area contributed by atoms with E-state index in [1.165, 1.54) is 33.4 Å². The van der Waals surface area contributed by atoms with Crippen LogP contribution < -0.4 is 18.9 Å². The summed E-state index contributed by atoms with van der Waals surface area (Å²) in [6, 6.07) is 38.4. The minimum atomic E-state index is 0. The van der Waals surface area contributed by atoms with Crippen LogP contribution in [0.1, 0.15) is 11.1 Å². The van der Waals surface area contributed by atoms with E-state index in [1.54, 1.807) is 0 Å². The zero-order chi connectivity index (χ0) is 16.9. The SMILES string of the molecule is [Li+].c1ccc(-c2ccc([CH-]c3ccc(-c4ccccc4)cc3)cc2)cc1. The molecule has 0 aliphatic rings. The monoisotopic (exact) mass is 326 g/mol. The molecule has 0 atom stereocenters. The van der Waals surface area contributed by atoms with Crippen molar-refractivity contribution in [2.24, 2.45) is 0 Å². The predicted molar refractivity (Wildman–Crippen MR) is 106 cm³/mol. The first kappa shape index (κ1) is 18.1. The molecule has 0 aromatic heterocycles. The summed E-state index contributed by atoms with van der Waals surface area (Å²) in [6.45, 7) is 0. The molecule has 26 heavy (non-hydrogen) atoms. The molecular formula is C25H19Li. The molecule has 0 unspecified atom stereocenters. The van der Waals surface area contributed by atoms with E-state index in [-0.39, 0.29) is 18.9 Å². The van der Waals surface area contributed by atoms with Gasteiger partial charge in [0.25, 0.3) is 0 Å². The summed E-state index contributed by atoms with van der Waals surface area (Å²) < 4.78 is 0. The van der Waals surface area contributed by atoms with E-state index in [1.807, 2.05) is 12.1 Å². The third-order valence-electron chi connectivity index (χ3n) is 4.37. The summed E-state index contributed by atoms with van der Waals surface area (Å²) in [7, 11) is 0. The zero-order valence-corrected chi connectivity index (χ0v) is 15.0. The molecule has 0 aliphatic carbocycles. The molecule has 1 heteroatoms. The molecule has 0 saturated heterocycles. The molecule has 0 radical (unpaired) electrons. The Bertz CT molecular complexity index is 844. The first-order valence-corrected chi connectivity index (χ1v) is 8.54. The Labute approximate surface area is 167 Å². The molecule has 0 heterocycles. The largest absolute Gasteiger partial charge is 1.00 e. The molecule has 4 rings (SSSR count). The first-order chi connectivity index (χ1) is 12.4. The standard InChI is InChI=1S/C25H19.Li/c1-3-7-22(8-4-1)24-15-11-20(12-16-24)19-21-13-17-25(18-14-21)23-9-5-2-6-10-23;/h1-19H;/q-1;+1. The van der Waals surface area contributed by atoms with Crippen LogP contribution in [0.3, 0.4) is 0 Å². The molecule has 0 bridgehead atoms. The van der Waals surface area contributed by atoms with Gasteiger partial charge in [-0.1, -0.05) is 84.9 Å². The molecule has 4 aromatic carbocycles. The van der Waals surface area contributed by atoms with Crippen molar-refractivity contribution in [2.75, 3.05) is 0 Å². The van der Waals surface area contributed by atoms with Gasteiger partial charge in [-0.2, -0.15) is 0 Å². The smallest absolute Gasteiger partial charge is 0.126 e. The van der Waals surface area contributed by atoms with Gasteiger partial charge in [0.1, 0.15) is 0 Å². The van der Waals surface area contributed by atoms with E-state index >= 15 is 0 Å². The second-order valence-corrected chi connectivity index (χ2v) is 6.12. The van der Waals surface area contributed by atoms with Gasteiger partial charge in [0.15, 0.2) is 0 Å². The molecule has 0 N–H and O–H groups in total. The normalized spacial score (nSPS) is 10.0. The minimum absolute atomic E-state index is 0. The van der Waals surface area contributed by atoms with Gasteiger partial charge < -0.3 is 0 Å². The fraction of sp³-hybridized carbons (Fsp3) is 0. The summed E-state index contributed by atoms with van der Waals surface area (Å²) in [5, 5.41) is 0. The maximum Gasteiger partial charge on any atom is 1.00 e. The molecule has 4 aromatic rings. The fourth-order valence-corrected chi connectivity index (χ4v) is 3.00. The Morgan fingerprint density at radius 2 is 0.654 bits per heavy atom. The average Bonchev–Trinajstić information content (AvgIpc) is 2.71. The van der Waals surface area contributed by atoms with Gasteiger partial charge in [-0.05, 0) is 22.3 Å². The van der Waals surface area contributed by atoms with Crippen LogP contribution in [0, 0.1) is 6.42 Å². The van der Waals surface area contributed by atoms with Crippen molar-refractivity contribution in [2.45, 2.75) is 0 Å². The number of rotatable bonds is 4. The Morgan fingerprint density at radius 3 is 1.00 bits per heavy atom. The molecule has 0 spiro atoms. The van der Waals surface area contributed by atoms with E-state index < -0.39 is 0 Å². The third-order valence-corrected chi connectivity index (χ3v) is 4.37. The van der Waals surface area contributed by atoms with Crippen molar-refractivity contribution in [3.05, 3.63) is 127 Å². The molecule has 0 fully saturated rings. The second-order valence-electron chi connectivity index (χ2n) is 6.12. The van der Waals surface area contributed by atoms with Gasteiger partial charge in [-0.15, -0.1) is 41.8 Å². The number of hydrogen-bond donors (Lipinski definition) is 0. The summed E-state index contributed by atoms with van der Waals surface area (Å²) in [5.41, 5.74) is 7.43. The van der Waals surface area contributed by atoms with E-state index in [2.05, 4.69) is 103 Å². The van der Waals surface area contributed by atoms with Crippen LogP contribution in [-0.4, -0.2) is 0 Å². The Hall–Kier alpha value is -2.65. The maximum absolute atomic E-state index is 2.21. The Kier molecular flexibility index (Phi) is 6.03. The quantitative estimate of drug-likeness (QED) is 0.397. The summed E-state index contributed by atoms with van der Waals surface area (Å²) in [6.07, 6.45) is 2.21.